The Morgan fingerprint density at radius 2 is 1.70 bits per heavy atom. The number of amides is 3. The molecule has 0 radical (unpaired) electrons. The lowest BCUT2D eigenvalue weighted by Gasteiger charge is -2.39. The summed E-state index contributed by atoms with van der Waals surface area (Å²) in [5.41, 5.74) is 4.98. The van der Waals surface area contributed by atoms with E-state index in [0.717, 1.165) is 22.4 Å². The maximum absolute atomic E-state index is 14.4. The van der Waals surface area contributed by atoms with Crippen molar-refractivity contribution in [3.8, 4) is 0 Å². The van der Waals surface area contributed by atoms with Crippen LogP contribution in [0.5, 0.6) is 0 Å². The third-order valence-electron chi connectivity index (χ3n) is 9.13. The molecule has 1 saturated heterocycles. The molecule has 228 valence electrons. The van der Waals surface area contributed by atoms with Gasteiger partial charge in [0.15, 0.2) is 0 Å². The van der Waals surface area contributed by atoms with Crippen LogP contribution in [-0.2, 0) is 22.6 Å². The van der Waals surface area contributed by atoms with Crippen molar-refractivity contribution in [3.05, 3.63) is 101 Å². The van der Waals surface area contributed by atoms with Crippen LogP contribution in [-0.4, -0.2) is 79.0 Å². The van der Waals surface area contributed by atoms with Gasteiger partial charge < -0.3 is 20.0 Å². The van der Waals surface area contributed by atoms with E-state index in [2.05, 4.69) is 5.32 Å². The van der Waals surface area contributed by atoms with Crippen LogP contribution >= 0.6 is 0 Å². The molecule has 0 spiro atoms. The second kappa shape index (κ2) is 12.7. The molecule has 3 aromatic carbocycles. The minimum atomic E-state index is -0.852. The number of anilines is 1. The van der Waals surface area contributed by atoms with Crippen molar-refractivity contribution in [3.63, 3.8) is 0 Å². The van der Waals surface area contributed by atoms with Gasteiger partial charge in [-0.15, -0.1) is 0 Å². The first-order valence-corrected chi connectivity index (χ1v) is 15.3. The van der Waals surface area contributed by atoms with E-state index in [1.165, 1.54) is 12.1 Å². The fraction of sp³-hybridized carbons (Fsp3) is 0.371. The topological polar surface area (TPSA) is 85.3 Å². The van der Waals surface area contributed by atoms with E-state index >= 15 is 0 Å². The van der Waals surface area contributed by atoms with Crippen molar-refractivity contribution in [2.45, 2.75) is 44.3 Å². The van der Waals surface area contributed by atoms with Crippen molar-refractivity contribution in [2.75, 3.05) is 38.6 Å². The lowest BCUT2D eigenvalue weighted by Crippen LogP contribution is -2.56. The van der Waals surface area contributed by atoms with E-state index in [9.17, 15) is 18.8 Å². The van der Waals surface area contributed by atoms with Crippen LogP contribution in [0.4, 0.5) is 10.1 Å². The highest BCUT2D eigenvalue weighted by Gasteiger charge is 2.37. The molecule has 44 heavy (non-hydrogen) atoms. The lowest BCUT2D eigenvalue weighted by atomic mass is 9.93. The van der Waals surface area contributed by atoms with Crippen LogP contribution in [0.3, 0.4) is 0 Å². The lowest BCUT2D eigenvalue weighted by molar-refractivity contribution is -0.131. The second-order valence-corrected chi connectivity index (χ2v) is 12.2. The van der Waals surface area contributed by atoms with Gasteiger partial charge in [0, 0.05) is 60.5 Å². The highest BCUT2D eigenvalue weighted by molar-refractivity contribution is 6.09. The van der Waals surface area contributed by atoms with Crippen LogP contribution in [0.2, 0.25) is 0 Å². The number of likely N-dealkylation sites (N-methyl/N-ethyl adjacent to an activating group) is 1. The number of hydrogen-bond donors (Lipinski definition) is 1. The molecule has 3 aliphatic rings. The molecule has 1 fully saturated rings. The molecule has 0 bridgehead atoms. The number of carbonyl (C=O) groups excluding carboxylic acids is 3. The monoisotopic (exact) mass is 595 g/mol. The number of nitrogens with zero attached hydrogens (tertiary/aromatic N) is 4. The van der Waals surface area contributed by atoms with Gasteiger partial charge in [-0.05, 0) is 74.8 Å². The van der Waals surface area contributed by atoms with Gasteiger partial charge in [0.05, 0.1) is 6.54 Å². The molecule has 9 heteroatoms. The van der Waals surface area contributed by atoms with Crippen LogP contribution in [0.1, 0.15) is 46.3 Å². The molecule has 3 aliphatic heterocycles. The third-order valence-corrected chi connectivity index (χ3v) is 9.13. The average molecular weight is 596 g/mol. The maximum Gasteiger partial charge on any atom is 0.253 e. The fourth-order valence-corrected chi connectivity index (χ4v) is 6.52. The SMILES string of the molecule is CN(C)C1Cc2cc(F)ccc2N(C(=O)[C@@H](CC2=NCc3ccccc32)NC(=O)C2CCN(C(=O)c3ccccc3)CC2)C1. The number of hydrogen-bond acceptors (Lipinski definition) is 5. The second-order valence-electron chi connectivity index (χ2n) is 12.2. The Bertz CT molecular complexity index is 1580. The maximum atomic E-state index is 14.4. The summed E-state index contributed by atoms with van der Waals surface area (Å²) in [7, 11) is 3.91. The molecular formula is C35H38FN5O3. The third kappa shape index (κ3) is 6.15. The summed E-state index contributed by atoms with van der Waals surface area (Å²) in [6.45, 7) is 1.92. The largest absolute Gasteiger partial charge is 0.344 e. The average Bonchev–Trinajstić information content (AvgIpc) is 3.46. The minimum Gasteiger partial charge on any atom is -0.344 e. The van der Waals surface area contributed by atoms with E-state index in [1.54, 1.807) is 28.0 Å². The van der Waals surface area contributed by atoms with Gasteiger partial charge in [-0.25, -0.2) is 4.39 Å². The quantitative estimate of drug-likeness (QED) is 0.446. The highest BCUT2D eigenvalue weighted by atomic mass is 19.1. The Morgan fingerprint density at radius 1 is 0.977 bits per heavy atom. The zero-order valence-corrected chi connectivity index (χ0v) is 25.2. The van der Waals surface area contributed by atoms with Crippen LogP contribution < -0.4 is 10.2 Å². The summed E-state index contributed by atoms with van der Waals surface area (Å²) in [6.07, 6.45) is 1.92. The number of aliphatic imine (C=N–C) groups is 1. The van der Waals surface area contributed by atoms with Crippen molar-refractivity contribution in [2.24, 2.45) is 10.9 Å². The highest BCUT2D eigenvalue weighted by Crippen LogP contribution is 2.31. The first kappa shape index (κ1) is 29.7. The van der Waals surface area contributed by atoms with Crippen molar-refractivity contribution in [1.82, 2.24) is 15.1 Å². The predicted molar refractivity (Wildman–Crippen MR) is 168 cm³/mol. The van der Waals surface area contributed by atoms with Crippen molar-refractivity contribution >= 4 is 29.1 Å². The first-order valence-electron chi connectivity index (χ1n) is 15.3. The molecular weight excluding hydrogens is 557 g/mol. The molecule has 3 aromatic rings. The smallest absolute Gasteiger partial charge is 0.253 e. The summed E-state index contributed by atoms with van der Waals surface area (Å²) in [5.74, 6) is -1.12. The summed E-state index contributed by atoms with van der Waals surface area (Å²) in [5, 5.41) is 3.10. The zero-order chi connectivity index (χ0) is 30.8. The number of piperidine rings is 1. The van der Waals surface area contributed by atoms with E-state index in [-0.39, 0.29) is 41.9 Å². The predicted octanol–water partition coefficient (Wildman–Crippen LogP) is 4.08. The summed E-state index contributed by atoms with van der Waals surface area (Å²) >= 11 is 0. The van der Waals surface area contributed by atoms with Crippen LogP contribution in [0, 0.1) is 11.7 Å². The molecule has 1 unspecified atom stereocenters. The molecule has 8 nitrogen and oxygen atoms in total. The molecule has 1 N–H and O–H groups in total. The molecule has 3 amide bonds. The number of halogens is 1. The first-order chi connectivity index (χ1) is 21.3. The van der Waals surface area contributed by atoms with Gasteiger partial charge in [0.1, 0.15) is 11.9 Å². The minimum absolute atomic E-state index is 0.000581. The fourth-order valence-electron chi connectivity index (χ4n) is 6.52. The number of benzene rings is 3. The summed E-state index contributed by atoms with van der Waals surface area (Å²) in [4.78, 5) is 51.4. The van der Waals surface area contributed by atoms with Crippen LogP contribution in [0.15, 0.2) is 77.8 Å². The van der Waals surface area contributed by atoms with E-state index in [4.69, 9.17) is 4.99 Å². The Balaban J connectivity index is 1.22. The van der Waals surface area contributed by atoms with Gasteiger partial charge in [0.25, 0.3) is 5.91 Å². The number of likely N-dealkylation sites (tertiary alicyclic amines) is 1. The molecule has 0 aromatic heterocycles. The number of carbonyl (C=O) groups is 3. The molecule has 2 atom stereocenters. The standard InChI is InChI=1S/C35H38FN5O3/c1-39(2)28-19-26-18-27(36)12-13-32(26)41(22-28)35(44)31(20-30-29-11-7-6-10-25(29)21-37-30)38-33(42)23-14-16-40(17-15-23)34(43)24-8-4-3-5-9-24/h3-13,18,23,28,31H,14-17,19-22H2,1-2H3,(H,38,42)/t28?,31-/m1/s1. The van der Waals surface area contributed by atoms with E-state index < -0.39 is 6.04 Å². The Kier molecular flexibility index (Phi) is 8.57. The van der Waals surface area contributed by atoms with Crippen LogP contribution in [0.25, 0.3) is 0 Å². The van der Waals surface area contributed by atoms with Gasteiger partial charge in [-0.1, -0.05) is 42.5 Å². The van der Waals surface area contributed by atoms with E-state index in [1.807, 2.05) is 61.5 Å². The number of nitrogens with one attached hydrogen (secondary N) is 1. The molecule has 0 aliphatic carbocycles. The van der Waals surface area contributed by atoms with Gasteiger partial charge >= 0.3 is 0 Å². The van der Waals surface area contributed by atoms with E-state index in [0.29, 0.717) is 56.7 Å². The molecule has 0 saturated carbocycles. The summed E-state index contributed by atoms with van der Waals surface area (Å²) in [6, 6.07) is 20.8. The van der Waals surface area contributed by atoms with Crippen molar-refractivity contribution < 1.29 is 18.8 Å². The summed E-state index contributed by atoms with van der Waals surface area (Å²) < 4.78 is 14.3. The van der Waals surface area contributed by atoms with Gasteiger partial charge in [-0.3, -0.25) is 19.4 Å². The number of rotatable bonds is 7. The van der Waals surface area contributed by atoms with Gasteiger partial charge in [-0.2, -0.15) is 0 Å². The Hall–Kier alpha value is -4.37. The Labute approximate surface area is 257 Å². The zero-order valence-electron chi connectivity index (χ0n) is 25.2. The molecule has 3 heterocycles. The Morgan fingerprint density at radius 3 is 2.45 bits per heavy atom. The molecule has 6 rings (SSSR count). The number of fused-ring (bicyclic) bond motifs is 2. The van der Waals surface area contributed by atoms with Crippen molar-refractivity contribution in [1.29, 1.82) is 0 Å². The van der Waals surface area contributed by atoms with Gasteiger partial charge in [0.2, 0.25) is 11.8 Å². The normalized spacial score (nSPS) is 18.8.